The molecule has 1 amide bonds. The summed E-state index contributed by atoms with van der Waals surface area (Å²) in [6.07, 6.45) is 1.71. The summed E-state index contributed by atoms with van der Waals surface area (Å²) < 4.78 is 2.25. The highest BCUT2D eigenvalue weighted by Gasteiger charge is 2.15. The van der Waals surface area contributed by atoms with E-state index in [-0.39, 0.29) is 11.5 Å². The van der Waals surface area contributed by atoms with E-state index in [4.69, 9.17) is 0 Å². The van der Waals surface area contributed by atoms with Crippen LogP contribution in [0.15, 0.2) is 91.1 Å². The number of pyridine rings is 1. The van der Waals surface area contributed by atoms with E-state index in [1.165, 1.54) is 0 Å². The average molecular weight is 490 g/mol. The summed E-state index contributed by atoms with van der Waals surface area (Å²) >= 11 is 0. The van der Waals surface area contributed by atoms with Crippen LogP contribution >= 0.6 is 0 Å². The molecule has 0 unspecified atom stereocenters. The molecule has 0 bridgehead atoms. The summed E-state index contributed by atoms with van der Waals surface area (Å²) in [6.45, 7) is 5.22. The third-order valence-corrected chi connectivity index (χ3v) is 6.82. The van der Waals surface area contributed by atoms with Crippen LogP contribution < -0.4 is 5.32 Å². The highest BCUT2D eigenvalue weighted by atomic mass is 16.4. The number of aryl methyl sites for hydroxylation is 1. The van der Waals surface area contributed by atoms with Crippen molar-refractivity contribution in [2.75, 3.05) is 0 Å². The average Bonchev–Trinajstić information content (AvgIpc) is 3.17. The SMILES string of the molecule is Cc1c(C)n(Cc2ccc(-c3ccccc3C(=O)O)cc2)c2ccc(C(=O)NCc3ccccn3)cc12. The largest absolute Gasteiger partial charge is 0.478 e. The number of carbonyl (C=O) groups is 2. The number of aromatic nitrogens is 2. The van der Waals surface area contributed by atoms with Crippen molar-refractivity contribution in [3.05, 3.63) is 125 Å². The Morgan fingerprint density at radius 3 is 2.41 bits per heavy atom. The molecule has 184 valence electrons. The van der Waals surface area contributed by atoms with Gasteiger partial charge in [0.2, 0.25) is 0 Å². The molecule has 3 aromatic carbocycles. The fraction of sp³-hybridized carbons (Fsp3) is 0.129. The molecule has 0 radical (unpaired) electrons. The van der Waals surface area contributed by atoms with Gasteiger partial charge in [-0.15, -0.1) is 0 Å². The van der Waals surface area contributed by atoms with Gasteiger partial charge in [0.25, 0.3) is 5.91 Å². The Labute approximate surface area is 215 Å². The summed E-state index contributed by atoms with van der Waals surface area (Å²) in [6, 6.07) is 26.5. The Morgan fingerprint density at radius 2 is 1.68 bits per heavy atom. The van der Waals surface area contributed by atoms with Gasteiger partial charge in [0.15, 0.2) is 0 Å². The van der Waals surface area contributed by atoms with Gasteiger partial charge in [0, 0.05) is 34.9 Å². The molecule has 2 N–H and O–H groups in total. The predicted octanol–water partition coefficient (Wildman–Crippen LogP) is 6.00. The van der Waals surface area contributed by atoms with Gasteiger partial charge >= 0.3 is 5.97 Å². The quantitative estimate of drug-likeness (QED) is 0.294. The molecule has 5 rings (SSSR count). The molecule has 2 aromatic heterocycles. The Bertz CT molecular complexity index is 1600. The molecule has 5 aromatic rings. The van der Waals surface area contributed by atoms with Crippen molar-refractivity contribution < 1.29 is 14.7 Å². The monoisotopic (exact) mass is 489 g/mol. The first-order valence-corrected chi connectivity index (χ1v) is 12.1. The van der Waals surface area contributed by atoms with Crippen molar-refractivity contribution >= 4 is 22.8 Å². The Balaban J connectivity index is 1.38. The first kappa shape index (κ1) is 24.0. The molecule has 37 heavy (non-hydrogen) atoms. The molecule has 0 aliphatic rings. The number of amides is 1. The van der Waals surface area contributed by atoms with Gasteiger partial charge < -0.3 is 15.0 Å². The number of nitrogens with zero attached hydrogens (tertiary/aromatic N) is 2. The van der Waals surface area contributed by atoms with E-state index in [0.29, 0.717) is 24.2 Å². The van der Waals surface area contributed by atoms with Crippen LogP contribution in [0.4, 0.5) is 0 Å². The lowest BCUT2D eigenvalue weighted by Gasteiger charge is -2.11. The van der Waals surface area contributed by atoms with Crippen molar-refractivity contribution in [2.45, 2.75) is 26.9 Å². The second-order valence-electron chi connectivity index (χ2n) is 9.08. The van der Waals surface area contributed by atoms with E-state index in [1.54, 1.807) is 18.3 Å². The minimum absolute atomic E-state index is 0.130. The zero-order valence-electron chi connectivity index (χ0n) is 20.7. The van der Waals surface area contributed by atoms with Gasteiger partial charge in [0.05, 0.1) is 17.8 Å². The summed E-state index contributed by atoms with van der Waals surface area (Å²) in [5, 5.41) is 13.5. The number of carbonyl (C=O) groups excluding carboxylic acids is 1. The second kappa shape index (κ2) is 10.1. The molecule has 0 spiro atoms. The van der Waals surface area contributed by atoms with Crippen molar-refractivity contribution in [3.63, 3.8) is 0 Å². The molecule has 0 atom stereocenters. The van der Waals surface area contributed by atoms with Crippen LogP contribution in [0.1, 0.15) is 43.2 Å². The lowest BCUT2D eigenvalue weighted by Crippen LogP contribution is -2.23. The van der Waals surface area contributed by atoms with Crippen molar-refractivity contribution in [2.24, 2.45) is 0 Å². The number of aromatic carboxylic acids is 1. The number of hydrogen-bond acceptors (Lipinski definition) is 3. The maximum absolute atomic E-state index is 12.8. The van der Waals surface area contributed by atoms with Gasteiger partial charge in [-0.2, -0.15) is 0 Å². The van der Waals surface area contributed by atoms with E-state index in [2.05, 4.69) is 28.7 Å². The standard InChI is InChI=1S/C31H27N3O3/c1-20-21(2)34(19-22-10-12-23(13-11-22)26-8-3-4-9-27(26)31(36)37)29-15-14-24(17-28(20)29)30(35)33-18-25-7-5-6-16-32-25/h3-17H,18-19H2,1-2H3,(H,33,35)(H,36,37). The van der Waals surface area contributed by atoms with Crippen LogP contribution in [0.25, 0.3) is 22.0 Å². The lowest BCUT2D eigenvalue weighted by molar-refractivity contribution is 0.0697. The van der Waals surface area contributed by atoms with Gasteiger partial charge in [-0.25, -0.2) is 4.79 Å². The topological polar surface area (TPSA) is 84.2 Å². The zero-order valence-corrected chi connectivity index (χ0v) is 20.7. The molecule has 2 heterocycles. The van der Waals surface area contributed by atoms with E-state index < -0.39 is 5.97 Å². The molecular formula is C31H27N3O3. The van der Waals surface area contributed by atoms with E-state index in [9.17, 15) is 14.7 Å². The van der Waals surface area contributed by atoms with Crippen molar-refractivity contribution in [3.8, 4) is 11.1 Å². The van der Waals surface area contributed by atoms with Crippen LogP contribution in [0.2, 0.25) is 0 Å². The highest BCUT2D eigenvalue weighted by Crippen LogP contribution is 2.29. The highest BCUT2D eigenvalue weighted by molar-refractivity contribution is 5.99. The molecule has 0 fully saturated rings. The lowest BCUT2D eigenvalue weighted by atomic mass is 9.99. The summed E-state index contributed by atoms with van der Waals surface area (Å²) in [5.41, 5.74) is 7.74. The first-order valence-electron chi connectivity index (χ1n) is 12.1. The maximum atomic E-state index is 12.8. The van der Waals surface area contributed by atoms with Crippen LogP contribution in [0.3, 0.4) is 0 Å². The van der Waals surface area contributed by atoms with Crippen LogP contribution in [0, 0.1) is 13.8 Å². The smallest absolute Gasteiger partial charge is 0.336 e. The van der Waals surface area contributed by atoms with Gasteiger partial charge in [-0.3, -0.25) is 9.78 Å². The van der Waals surface area contributed by atoms with Crippen LogP contribution in [-0.2, 0) is 13.1 Å². The zero-order chi connectivity index (χ0) is 25.9. The van der Waals surface area contributed by atoms with Gasteiger partial charge in [-0.05, 0) is 72.5 Å². The van der Waals surface area contributed by atoms with E-state index >= 15 is 0 Å². The fourth-order valence-electron chi connectivity index (χ4n) is 4.66. The molecule has 0 aliphatic heterocycles. The molecule has 6 nitrogen and oxygen atoms in total. The normalized spacial score (nSPS) is 11.0. The minimum atomic E-state index is -0.936. The minimum Gasteiger partial charge on any atom is -0.478 e. The third-order valence-electron chi connectivity index (χ3n) is 6.82. The Hall–Kier alpha value is -4.71. The molecular weight excluding hydrogens is 462 g/mol. The Kier molecular flexibility index (Phi) is 6.56. The summed E-state index contributed by atoms with van der Waals surface area (Å²) in [4.78, 5) is 28.6. The number of carboxylic acid groups (broad SMARTS) is 1. The molecule has 0 saturated carbocycles. The van der Waals surface area contributed by atoms with E-state index in [0.717, 1.165) is 39.0 Å². The predicted molar refractivity (Wildman–Crippen MR) is 145 cm³/mol. The summed E-state index contributed by atoms with van der Waals surface area (Å²) in [7, 11) is 0. The van der Waals surface area contributed by atoms with Crippen molar-refractivity contribution in [1.82, 2.24) is 14.9 Å². The summed E-state index contributed by atoms with van der Waals surface area (Å²) in [5.74, 6) is -1.07. The maximum Gasteiger partial charge on any atom is 0.336 e. The molecule has 0 aliphatic carbocycles. The number of nitrogens with one attached hydrogen (secondary N) is 1. The van der Waals surface area contributed by atoms with E-state index in [1.807, 2.05) is 72.8 Å². The number of hydrogen-bond donors (Lipinski definition) is 2. The second-order valence-corrected chi connectivity index (χ2v) is 9.08. The fourth-order valence-corrected chi connectivity index (χ4v) is 4.66. The number of benzene rings is 3. The van der Waals surface area contributed by atoms with Gasteiger partial charge in [-0.1, -0.05) is 48.5 Å². The van der Waals surface area contributed by atoms with Crippen molar-refractivity contribution in [1.29, 1.82) is 0 Å². The third kappa shape index (κ3) is 4.86. The Morgan fingerprint density at radius 1 is 0.919 bits per heavy atom. The number of fused-ring (bicyclic) bond motifs is 1. The van der Waals surface area contributed by atoms with Crippen LogP contribution in [0.5, 0.6) is 0 Å². The van der Waals surface area contributed by atoms with Crippen LogP contribution in [-0.4, -0.2) is 26.5 Å². The molecule has 0 saturated heterocycles. The van der Waals surface area contributed by atoms with Gasteiger partial charge in [0.1, 0.15) is 0 Å². The number of carboxylic acids is 1. The number of rotatable bonds is 7. The molecule has 6 heteroatoms. The first-order chi connectivity index (χ1) is 17.9.